The highest BCUT2D eigenvalue weighted by atomic mass is 32.2. The number of rotatable bonds is 5. The minimum absolute atomic E-state index is 0.0106. The fourth-order valence-corrected chi connectivity index (χ4v) is 8.29. The molecule has 3 aromatic rings. The maximum absolute atomic E-state index is 13.4. The van der Waals surface area contributed by atoms with Crippen molar-refractivity contribution in [3.63, 3.8) is 0 Å². The quantitative estimate of drug-likeness (QED) is 0.396. The molecule has 1 aliphatic carbocycles. The number of benzene rings is 1. The molecule has 32 heavy (non-hydrogen) atoms. The van der Waals surface area contributed by atoms with Gasteiger partial charge in [0.2, 0.25) is 0 Å². The zero-order valence-electron chi connectivity index (χ0n) is 17.8. The van der Waals surface area contributed by atoms with E-state index < -0.39 is 15.9 Å². The number of hydrogen-bond acceptors (Lipinski definition) is 7. The third kappa shape index (κ3) is 3.31. The summed E-state index contributed by atoms with van der Waals surface area (Å²) in [5, 5.41) is 1.30. The van der Waals surface area contributed by atoms with Crippen LogP contribution in [0.4, 0.5) is 0 Å². The van der Waals surface area contributed by atoms with Gasteiger partial charge in [-0.25, -0.2) is 17.7 Å². The fraction of sp³-hybridized carbons (Fsp3) is 0.409. The van der Waals surface area contributed by atoms with Crippen molar-refractivity contribution in [1.82, 2.24) is 13.9 Å². The largest absolute Gasteiger partial charge is 0.284 e. The predicted molar refractivity (Wildman–Crippen MR) is 126 cm³/mol. The summed E-state index contributed by atoms with van der Waals surface area (Å²) in [4.78, 5) is 32.8. The topological polar surface area (TPSA) is 89.3 Å². The van der Waals surface area contributed by atoms with Crippen molar-refractivity contribution in [2.24, 2.45) is 0 Å². The number of amides is 1. The van der Waals surface area contributed by atoms with Gasteiger partial charge in [-0.15, -0.1) is 11.3 Å². The van der Waals surface area contributed by atoms with Crippen molar-refractivity contribution in [3.8, 4) is 0 Å². The fourth-order valence-electron chi connectivity index (χ4n) is 4.55. The van der Waals surface area contributed by atoms with Gasteiger partial charge in [0.25, 0.3) is 21.5 Å². The number of fused-ring (bicyclic) bond motifs is 2. The van der Waals surface area contributed by atoms with Crippen LogP contribution in [0.5, 0.6) is 0 Å². The second-order valence-corrected chi connectivity index (χ2v) is 12.3. The minimum atomic E-state index is -3.84. The smallest absolute Gasteiger partial charge is 0.269 e. The van der Waals surface area contributed by atoms with Crippen LogP contribution in [0.25, 0.3) is 10.2 Å². The van der Waals surface area contributed by atoms with Gasteiger partial charge < -0.3 is 0 Å². The van der Waals surface area contributed by atoms with Crippen LogP contribution < -0.4 is 5.56 Å². The first kappa shape index (κ1) is 21.7. The number of nitrogens with zero attached hydrogens (tertiary/aromatic N) is 3. The summed E-state index contributed by atoms with van der Waals surface area (Å²) in [6.07, 6.45) is 4.05. The molecule has 0 atom stereocenters. The summed E-state index contributed by atoms with van der Waals surface area (Å²) in [5.41, 5.74) is 1.19. The lowest BCUT2D eigenvalue weighted by Gasteiger charge is -2.19. The summed E-state index contributed by atoms with van der Waals surface area (Å²) in [6.45, 7) is 3.99. The van der Waals surface area contributed by atoms with E-state index in [0.29, 0.717) is 16.3 Å². The van der Waals surface area contributed by atoms with Crippen LogP contribution in [0.15, 0.2) is 39.1 Å². The van der Waals surface area contributed by atoms with E-state index in [4.69, 9.17) is 4.98 Å². The Kier molecular flexibility index (Phi) is 5.42. The highest BCUT2D eigenvalue weighted by molar-refractivity contribution is 7.99. The second kappa shape index (κ2) is 8.00. The molecule has 0 N–H and O–H groups in total. The Morgan fingerprint density at radius 3 is 2.59 bits per heavy atom. The van der Waals surface area contributed by atoms with Crippen LogP contribution in [-0.4, -0.2) is 40.5 Å². The third-order valence-corrected chi connectivity index (χ3v) is 10.2. The van der Waals surface area contributed by atoms with Gasteiger partial charge in [0.05, 0.1) is 10.9 Å². The molecule has 0 spiro atoms. The van der Waals surface area contributed by atoms with E-state index >= 15 is 0 Å². The molecule has 0 bridgehead atoms. The van der Waals surface area contributed by atoms with Gasteiger partial charge in [0.15, 0.2) is 5.16 Å². The normalized spacial score (nSPS) is 18.1. The molecule has 7 nitrogen and oxygen atoms in total. The zero-order chi connectivity index (χ0) is 22.6. The molecule has 1 fully saturated rings. The SMILES string of the molecule is Cc1sc2nc(SCCN3C(=O)c4ccccc4S3(=O)=O)n(C3CCCC3)c(=O)c2c1C. The molecule has 0 unspecified atom stereocenters. The lowest BCUT2D eigenvalue weighted by molar-refractivity contribution is 0.0876. The number of thioether (sulfide) groups is 1. The standard InChI is InChI=1S/C22H23N3O4S3/c1-13-14(2)31-19-18(13)21(27)25(15-7-3-4-8-15)22(23-19)30-12-11-24-20(26)16-9-5-6-10-17(16)32(24,28)29/h5-6,9-10,15H,3-4,7-8,11-12H2,1-2H3. The third-order valence-electron chi connectivity index (χ3n) is 6.33. The van der Waals surface area contributed by atoms with Gasteiger partial charge >= 0.3 is 0 Å². The van der Waals surface area contributed by atoms with Crippen LogP contribution in [0, 0.1) is 13.8 Å². The Bertz CT molecular complexity index is 1400. The number of thiophene rings is 1. The Hall–Kier alpha value is -2.17. The second-order valence-electron chi connectivity index (χ2n) is 8.20. The number of sulfonamides is 1. The van der Waals surface area contributed by atoms with E-state index in [2.05, 4.69) is 0 Å². The van der Waals surface area contributed by atoms with Crippen LogP contribution in [0.1, 0.15) is 52.5 Å². The first-order valence-electron chi connectivity index (χ1n) is 10.6. The maximum atomic E-state index is 13.4. The molecular weight excluding hydrogens is 466 g/mol. The number of hydrogen-bond donors (Lipinski definition) is 0. The van der Waals surface area contributed by atoms with Gasteiger partial charge in [-0.3, -0.25) is 14.2 Å². The van der Waals surface area contributed by atoms with Crippen molar-refractivity contribution in [2.75, 3.05) is 12.3 Å². The molecule has 2 aliphatic rings. The summed E-state index contributed by atoms with van der Waals surface area (Å²) in [6, 6.07) is 6.39. The molecular formula is C22H23N3O4S3. The van der Waals surface area contributed by atoms with Crippen LogP contribution >= 0.6 is 23.1 Å². The molecule has 5 rings (SSSR count). The van der Waals surface area contributed by atoms with Gasteiger partial charge in [-0.2, -0.15) is 0 Å². The van der Waals surface area contributed by atoms with E-state index in [1.807, 2.05) is 18.4 Å². The molecule has 3 heterocycles. The molecule has 1 amide bonds. The van der Waals surface area contributed by atoms with Crippen LogP contribution in [0.2, 0.25) is 0 Å². The van der Waals surface area contributed by atoms with Gasteiger partial charge in [0.1, 0.15) is 9.73 Å². The summed E-state index contributed by atoms with van der Waals surface area (Å²) in [7, 11) is -3.84. The van der Waals surface area contributed by atoms with Crippen molar-refractivity contribution < 1.29 is 13.2 Å². The van der Waals surface area contributed by atoms with Crippen molar-refractivity contribution in [3.05, 3.63) is 50.6 Å². The van der Waals surface area contributed by atoms with Crippen molar-refractivity contribution in [2.45, 2.75) is 55.6 Å². The van der Waals surface area contributed by atoms with E-state index in [1.165, 1.54) is 35.2 Å². The summed E-state index contributed by atoms with van der Waals surface area (Å²) < 4.78 is 28.4. The van der Waals surface area contributed by atoms with E-state index in [-0.39, 0.29) is 28.6 Å². The number of aromatic nitrogens is 2. The Balaban J connectivity index is 1.45. The lowest BCUT2D eigenvalue weighted by atomic mass is 10.2. The van der Waals surface area contributed by atoms with Crippen LogP contribution in [0.3, 0.4) is 0 Å². The van der Waals surface area contributed by atoms with Crippen LogP contribution in [-0.2, 0) is 10.0 Å². The summed E-state index contributed by atoms with van der Waals surface area (Å²) >= 11 is 2.86. The zero-order valence-corrected chi connectivity index (χ0v) is 20.3. The Morgan fingerprint density at radius 2 is 1.88 bits per heavy atom. The highest BCUT2D eigenvalue weighted by Crippen LogP contribution is 2.35. The molecule has 10 heteroatoms. The molecule has 0 radical (unpaired) electrons. The maximum Gasteiger partial charge on any atom is 0.269 e. The first-order valence-corrected chi connectivity index (χ1v) is 13.9. The van der Waals surface area contributed by atoms with E-state index in [1.54, 1.807) is 12.1 Å². The minimum Gasteiger partial charge on any atom is -0.284 e. The molecule has 2 aromatic heterocycles. The number of carbonyl (C=O) groups is 1. The molecule has 1 aliphatic heterocycles. The number of aryl methyl sites for hydroxylation is 2. The molecule has 168 valence electrons. The average molecular weight is 490 g/mol. The van der Waals surface area contributed by atoms with Gasteiger partial charge in [-0.1, -0.05) is 36.7 Å². The lowest BCUT2D eigenvalue weighted by Crippen LogP contribution is -2.32. The summed E-state index contributed by atoms with van der Waals surface area (Å²) in [5.74, 6) is -0.172. The van der Waals surface area contributed by atoms with E-state index in [9.17, 15) is 18.0 Å². The van der Waals surface area contributed by atoms with Crippen molar-refractivity contribution >= 4 is 49.2 Å². The first-order chi connectivity index (χ1) is 15.3. The Morgan fingerprint density at radius 1 is 1.16 bits per heavy atom. The average Bonchev–Trinajstić information content (AvgIpc) is 3.43. The molecule has 1 saturated carbocycles. The van der Waals surface area contributed by atoms with Gasteiger partial charge in [-0.05, 0) is 44.4 Å². The monoisotopic (exact) mass is 489 g/mol. The van der Waals surface area contributed by atoms with E-state index in [0.717, 1.165) is 45.3 Å². The van der Waals surface area contributed by atoms with Crippen molar-refractivity contribution in [1.29, 1.82) is 0 Å². The molecule has 1 aromatic carbocycles. The predicted octanol–water partition coefficient (Wildman–Crippen LogP) is 4.13. The van der Waals surface area contributed by atoms with Gasteiger partial charge in [0, 0.05) is 23.2 Å². The molecule has 0 saturated heterocycles. The number of carbonyl (C=O) groups excluding carboxylic acids is 1. The Labute approximate surface area is 194 Å². The highest BCUT2D eigenvalue weighted by Gasteiger charge is 2.40.